The first kappa shape index (κ1) is 19.8. The molecule has 0 radical (unpaired) electrons. The van der Waals surface area contributed by atoms with Gasteiger partial charge in [0.15, 0.2) is 23.1 Å². The Balaban J connectivity index is 2.49. The molecule has 26 heavy (non-hydrogen) atoms. The van der Waals surface area contributed by atoms with Gasteiger partial charge in [-0.25, -0.2) is 13.8 Å². The van der Waals surface area contributed by atoms with Gasteiger partial charge in [0.05, 0.1) is 18.6 Å². The molecular weight excluding hydrogens is 383 g/mol. The van der Waals surface area contributed by atoms with E-state index in [2.05, 4.69) is 4.99 Å². The lowest BCUT2D eigenvalue weighted by Crippen LogP contribution is -2.12. The molecular formula is C16H12ClF5N2O2. The molecule has 0 fully saturated rings. The lowest BCUT2D eigenvalue weighted by atomic mass is 10.2. The third-order valence-corrected chi connectivity index (χ3v) is 3.38. The highest BCUT2D eigenvalue weighted by Gasteiger charge is 2.33. The fourth-order valence-corrected chi connectivity index (χ4v) is 1.97. The maximum atomic E-state index is 14.0. The van der Waals surface area contributed by atoms with Gasteiger partial charge in [-0.3, -0.25) is 0 Å². The average Bonchev–Trinajstić information content (AvgIpc) is 2.57. The molecule has 0 heterocycles. The summed E-state index contributed by atoms with van der Waals surface area (Å²) in [4.78, 5) is 3.93. The third kappa shape index (κ3) is 4.54. The second kappa shape index (κ2) is 7.77. The van der Waals surface area contributed by atoms with Crippen LogP contribution in [0.1, 0.15) is 5.56 Å². The van der Waals surface area contributed by atoms with Crippen LogP contribution >= 0.6 is 11.6 Å². The van der Waals surface area contributed by atoms with E-state index in [1.165, 1.54) is 25.3 Å². The highest BCUT2D eigenvalue weighted by Crippen LogP contribution is 2.39. The second-order valence-electron chi connectivity index (χ2n) is 4.94. The Morgan fingerprint density at radius 1 is 1.15 bits per heavy atom. The summed E-state index contributed by atoms with van der Waals surface area (Å²) < 4.78 is 75.8. The van der Waals surface area contributed by atoms with Crippen molar-refractivity contribution in [1.29, 1.82) is 0 Å². The summed E-state index contributed by atoms with van der Waals surface area (Å²) in [6, 6.07) is 4.31. The molecule has 2 aromatic rings. The summed E-state index contributed by atoms with van der Waals surface area (Å²) in [5, 5.41) is 0. The van der Waals surface area contributed by atoms with Crippen molar-refractivity contribution < 1.29 is 31.4 Å². The number of aliphatic imine (C=N–C) groups is 1. The Morgan fingerprint density at radius 3 is 2.27 bits per heavy atom. The van der Waals surface area contributed by atoms with E-state index in [9.17, 15) is 22.0 Å². The number of nitrogens with two attached hydrogens (primary N) is 1. The molecule has 0 saturated heterocycles. The third-order valence-electron chi connectivity index (χ3n) is 3.10. The van der Waals surface area contributed by atoms with Gasteiger partial charge in [0.25, 0.3) is 0 Å². The van der Waals surface area contributed by atoms with Gasteiger partial charge in [-0.05, 0) is 24.3 Å². The molecule has 0 aliphatic carbocycles. The predicted octanol–water partition coefficient (Wildman–Crippen LogP) is 5.01. The van der Waals surface area contributed by atoms with Crippen molar-refractivity contribution in [3.05, 3.63) is 47.5 Å². The highest BCUT2D eigenvalue weighted by molar-refractivity contribution is 6.28. The van der Waals surface area contributed by atoms with Crippen molar-refractivity contribution in [2.45, 2.75) is 6.18 Å². The van der Waals surface area contributed by atoms with E-state index in [4.69, 9.17) is 26.8 Å². The predicted molar refractivity (Wildman–Crippen MR) is 86.4 cm³/mol. The summed E-state index contributed by atoms with van der Waals surface area (Å²) >= 11 is 5.54. The van der Waals surface area contributed by atoms with Crippen LogP contribution in [-0.2, 0) is 6.18 Å². The molecule has 0 bridgehead atoms. The molecule has 0 spiro atoms. The molecule has 0 aliphatic heterocycles. The van der Waals surface area contributed by atoms with E-state index in [0.717, 1.165) is 0 Å². The lowest BCUT2D eigenvalue weighted by molar-refractivity contribution is -0.138. The first-order valence-corrected chi connectivity index (χ1v) is 7.50. The van der Waals surface area contributed by atoms with E-state index >= 15 is 0 Å². The standard InChI is InChI=1S/C16H12ClF5N2O2/c1-25-9-2-3-13(12(6-9)24-14(23)7-17)26-15-10(18)4-8(5-11(15)19)16(20,21)22/h2-6H,7H2,1H3,(H2,23,24). The summed E-state index contributed by atoms with van der Waals surface area (Å²) in [5.74, 6) is -4.01. The zero-order valence-electron chi connectivity index (χ0n) is 13.2. The van der Waals surface area contributed by atoms with E-state index in [1.807, 2.05) is 0 Å². The van der Waals surface area contributed by atoms with E-state index in [-0.39, 0.29) is 35.3 Å². The molecule has 2 rings (SSSR count). The quantitative estimate of drug-likeness (QED) is 0.335. The number of halogens is 6. The highest BCUT2D eigenvalue weighted by atomic mass is 35.5. The first-order valence-electron chi connectivity index (χ1n) is 6.96. The number of methoxy groups -OCH3 is 1. The maximum Gasteiger partial charge on any atom is 0.416 e. The van der Waals surface area contributed by atoms with Gasteiger partial charge in [0.1, 0.15) is 17.3 Å². The summed E-state index contributed by atoms with van der Waals surface area (Å²) in [5.41, 5.74) is 4.09. The minimum atomic E-state index is -4.90. The number of ether oxygens (including phenoxy) is 2. The van der Waals surface area contributed by atoms with Gasteiger partial charge in [-0.15, -0.1) is 11.6 Å². The fraction of sp³-hybridized carbons (Fsp3) is 0.188. The SMILES string of the molecule is COc1ccc(Oc2c(F)cc(C(F)(F)F)cc2F)c(N=C(N)CCl)c1. The van der Waals surface area contributed by atoms with Gasteiger partial charge in [-0.2, -0.15) is 13.2 Å². The van der Waals surface area contributed by atoms with Crippen LogP contribution in [0.2, 0.25) is 0 Å². The monoisotopic (exact) mass is 394 g/mol. The van der Waals surface area contributed by atoms with Crippen LogP contribution in [0.5, 0.6) is 17.2 Å². The number of amidine groups is 1. The largest absolute Gasteiger partial charge is 0.497 e. The Labute approximate surface area is 150 Å². The number of nitrogens with zero attached hydrogens (tertiary/aromatic N) is 1. The Kier molecular flexibility index (Phi) is 5.91. The molecule has 0 aromatic heterocycles. The lowest BCUT2D eigenvalue weighted by Gasteiger charge is -2.13. The Bertz CT molecular complexity index is 817. The van der Waals surface area contributed by atoms with Gasteiger partial charge in [-0.1, -0.05) is 0 Å². The van der Waals surface area contributed by atoms with Crippen molar-refractivity contribution in [2.75, 3.05) is 13.0 Å². The van der Waals surface area contributed by atoms with Crippen LogP contribution in [0, 0.1) is 11.6 Å². The van der Waals surface area contributed by atoms with Gasteiger partial charge in [0, 0.05) is 6.07 Å². The molecule has 0 saturated carbocycles. The van der Waals surface area contributed by atoms with Crippen LogP contribution in [0.3, 0.4) is 0 Å². The van der Waals surface area contributed by atoms with Crippen LogP contribution in [0.4, 0.5) is 27.6 Å². The van der Waals surface area contributed by atoms with Gasteiger partial charge in [0.2, 0.25) is 0 Å². The summed E-state index contributed by atoms with van der Waals surface area (Å²) in [6.45, 7) is 0. The summed E-state index contributed by atoms with van der Waals surface area (Å²) in [7, 11) is 1.38. The maximum absolute atomic E-state index is 14.0. The number of benzene rings is 2. The van der Waals surface area contributed by atoms with Crippen molar-refractivity contribution >= 4 is 23.1 Å². The molecule has 0 aliphatic rings. The topological polar surface area (TPSA) is 56.8 Å². The van der Waals surface area contributed by atoms with E-state index < -0.39 is 29.1 Å². The molecule has 140 valence electrons. The number of alkyl halides is 4. The van der Waals surface area contributed by atoms with Crippen LogP contribution < -0.4 is 15.2 Å². The zero-order chi connectivity index (χ0) is 19.5. The minimum absolute atomic E-state index is 0.0156. The van der Waals surface area contributed by atoms with Gasteiger partial charge < -0.3 is 15.2 Å². The molecule has 10 heteroatoms. The summed E-state index contributed by atoms with van der Waals surface area (Å²) in [6.07, 6.45) is -4.90. The zero-order valence-corrected chi connectivity index (χ0v) is 14.0. The fourth-order valence-electron chi connectivity index (χ4n) is 1.91. The number of hydrogen-bond donors (Lipinski definition) is 1. The van der Waals surface area contributed by atoms with E-state index in [0.29, 0.717) is 5.75 Å². The van der Waals surface area contributed by atoms with Crippen molar-refractivity contribution in [3.8, 4) is 17.2 Å². The van der Waals surface area contributed by atoms with Crippen LogP contribution in [0.15, 0.2) is 35.3 Å². The van der Waals surface area contributed by atoms with Crippen molar-refractivity contribution in [1.82, 2.24) is 0 Å². The second-order valence-corrected chi connectivity index (χ2v) is 5.21. The molecule has 0 amide bonds. The molecule has 2 N–H and O–H groups in total. The minimum Gasteiger partial charge on any atom is -0.497 e. The molecule has 2 aromatic carbocycles. The van der Waals surface area contributed by atoms with Crippen LogP contribution in [0.25, 0.3) is 0 Å². The smallest absolute Gasteiger partial charge is 0.416 e. The van der Waals surface area contributed by atoms with Gasteiger partial charge >= 0.3 is 6.18 Å². The van der Waals surface area contributed by atoms with Crippen molar-refractivity contribution in [2.24, 2.45) is 10.7 Å². The normalized spacial score (nSPS) is 12.2. The molecule has 4 nitrogen and oxygen atoms in total. The average molecular weight is 395 g/mol. The van der Waals surface area contributed by atoms with Crippen molar-refractivity contribution in [3.63, 3.8) is 0 Å². The van der Waals surface area contributed by atoms with Crippen LogP contribution in [-0.4, -0.2) is 18.8 Å². The van der Waals surface area contributed by atoms with E-state index in [1.54, 1.807) is 0 Å². The molecule has 0 atom stereocenters. The number of rotatable bonds is 5. The Morgan fingerprint density at radius 2 is 1.77 bits per heavy atom. The molecule has 0 unspecified atom stereocenters. The first-order chi connectivity index (χ1) is 12.2. The Hall–Kier alpha value is -2.55. The number of hydrogen-bond acceptors (Lipinski definition) is 3.